The maximum atomic E-state index is 13.0. The van der Waals surface area contributed by atoms with Crippen LogP contribution in [0.15, 0.2) is 52.7 Å². The van der Waals surface area contributed by atoms with Crippen LogP contribution in [-0.4, -0.2) is 31.6 Å². The second-order valence-electron chi connectivity index (χ2n) is 7.72. The van der Waals surface area contributed by atoms with Crippen LogP contribution in [0, 0.1) is 6.92 Å². The molecule has 1 atom stereocenters. The number of Topliss-reactive ketones (excluding diaryl/α,β-unsaturated/α-hetero) is 2. The Morgan fingerprint density at radius 3 is 2.48 bits per heavy atom. The molecule has 170 valence electrons. The second-order valence-corrected chi connectivity index (χ2v) is 12.1. The van der Waals surface area contributed by atoms with Crippen LogP contribution in [0.25, 0.3) is 0 Å². The largest absolute Gasteiger partial charge is 0.324 e. The fourth-order valence-electron chi connectivity index (χ4n) is 3.68. The highest BCUT2D eigenvalue weighted by Gasteiger charge is 2.36. The third kappa shape index (κ3) is 4.89. The number of nitrogens with one attached hydrogen (secondary N) is 1. The molecule has 0 bridgehead atoms. The monoisotopic (exact) mass is 521 g/mol. The molecular formula is C23H17Cl2NO5S2. The zero-order valence-corrected chi connectivity index (χ0v) is 20.4. The number of benzene rings is 2. The van der Waals surface area contributed by atoms with Crippen molar-refractivity contribution in [2.75, 3.05) is 11.1 Å². The van der Waals surface area contributed by atoms with Gasteiger partial charge in [-0.2, -0.15) is 0 Å². The van der Waals surface area contributed by atoms with Crippen LogP contribution in [0.5, 0.6) is 0 Å². The standard InChI is InChI=1S/C23H17Cl2NO5S2/c1-12-2-4-16-18(8-12)26-23(29)21(22(16)28)15-5-3-13(10-17(15)24)9-14(27)11-33(30,31)20-7-6-19(25)32-20/h2-8,10,21H,9,11H2,1H3,(H,26,29). The Bertz CT molecular complexity index is 1410. The Kier molecular flexibility index (Phi) is 6.46. The number of amides is 1. The molecule has 2 aromatic carbocycles. The molecule has 1 aromatic heterocycles. The summed E-state index contributed by atoms with van der Waals surface area (Å²) in [6.45, 7) is 1.86. The summed E-state index contributed by atoms with van der Waals surface area (Å²) in [5.74, 6) is -3.13. The molecule has 10 heteroatoms. The fourth-order valence-corrected chi connectivity index (χ4v) is 6.80. The van der Waals surface area contributed by atoms with Gasteiger partial charge in [-0.1, -0.05) is 41.4 Å². The SMILES string of the molecule is Cc1ccc2c(c1)NC(=O)C(c1ccc(CC(=O)CS(=O)(=O)c3ccc(Cl)s3)cc1Cl)C2=O. The third-order valence-electron chi connectivity index (χ3n) is 5.21. The number of thiophene rings is 1. The van der Waals surface area contributed by atoms with E-state index in [1.165, 1.54) is 24.3 Å². The first-order valence-corrected chi connectivity index (χ1v) is 13.0. The molecule has 0 radical (unpaired) electrons. The number of sulfone groups is 1. The van der Waals surface area contributed by atoms with Crippen LogP contribution in [0.1, 0.15) is 33.0 Å². The van der Waals surface area contributed by atoms with Crippen LogP contribution in [0.3, 0.4) is 0 Å². The molecule has 1 amide bonds. The lowest BCUT2D eigenvalue weighted by atomic mass is 9.85. The molecule has 33 heavy (non-hydrogen) atoms. The maximum Gasteiger partial charge on any atom is 0.239 e. The van der Waals surface area contributed by atoms with Gasteiger partial charge in [0.1, 0.15) is 15.9 Å². The van der Waals surface area contributed by atoms with E-state index in [4.69, 9.17) is 23.2 Å². The van der Waals surface area contributed by atoms with E-state index in [1.54, 1.807) is 24.3 Å². The van der Waals surface area contributed by atoms with Crippen molar-refractivity contribution in [3.8, 4) is 0 Å². The number of fused-ring (bicyclic) bond motifs is 1. The Hall–Kier alpha value is -2.52. The molecular weight excluding hydrogens is 505 g/mol. The molecule has 0 aliphatic carbocycles. The van der Waals surface area contributed by atoms with E-state index < -0.39 is 33.2 Å². The first-order chi connectivity index (χ1) is 15.5. The van der Waals surface area contributed by atoms with E-state index in [0.717, 1.165) is 16.9 Å². The van der Waals surface area contributed by atoms with Crippen molar-refractivity contribution >= 4 is 67.5 Å². The molecule has 3 aromatic rings. The molecule has 1 aliphatic rings. The van der Waals surface area contributed by atoms with E-state index in [0.29, 0.717) is 26.7 Å². The summed E-state index contributed by atoms with van der Waals surface area (Å²) in [4.78, 5) is 38.1. The normalized spacial score (nSPS) is 15.8. The van der Waals surface area contributed by atoms with E-state index in [2.05, 4.69) is 5.32 Å². The van der Waals surface area contributed by atoms with Gasteiger partial charge in [0, 0.05) is 17.0 Å². The molecule has 1 aliphatic heterocycles. The molecule has 0 spiro atoms. The van der Waals surface area contributed by atoms with Crippen LogP contribution in [0.4, 0.5) is 5.69 Å². The van der Waals surface area contributed by atoms with Crippen molar-refractivity contribution in [2.24, 2.45) is 0 Å². The van der Waals surface area contributed by atoms with Crippen molar-refractivity contribution in [3.05, 3.63) is 80.1 Å². The summed E-state index contributed by atoms with van der Waals surface area (Å²) in [6, 6.07) is 12.6. The number of ketones is 2. The van der Waals surface area contributed by atoms with Gasteiger partial charge in [0.25, 0.3) is 0 Å². The van der Waals surface area contributed by atoms with Crippen molar-refractivity contribution in [1.82, 2.24) is 0 Å². The quantitative estimate of drug-likeness (QED) is 0.466. The van der Waals surface area contributed by atoms with Gasteiger partial charge < -0.3 is 5.32 Å². The fraction of sp³-hybridized carbons (Fsp3) is 0.174. The Morgan fingerprint density at radius 2 is 1.82 bits per heavy atom. The highest BCUT2D eigenvalue weighted by Crippen LogP contribution is 2.35. The maximum absolute atomic E-state index is 13.0. The topological polar surface area (TPSA) is 97.4 Å². The minimum absolute atomic E-state index is 0.0338. The van der Waals surface area contributed by atoms with Gasteiger partial charge >= 0.3 is 0 Å². The Morgan fingerprint density at radius 1 is 1.06 bits per heavy atom. The van der Waals surface area contributed by atoms with E-state index in [-0.39, 0.29) is 21.4 Å². The number of anilines is 1. The number of rotatable bonds is 6. The molecule has 0 fully saturated rings. The van der Waals surface area contributed by atoms with Gasteiger partial charge in [0.05, 0.1) is 10.0 Å². The first kappa shape index (κ1) is 23.6. The van der Waals surface area contributed by atoms with Crippen molar-refractivity contribution in [1.29, 1.82) is 0 Å². The average Bonchev–Trinajstić information content (AvgIpc) is 3.16. The molecule has 1 unspecified atom stereocenters. The molecule has 2 heterocycles. The number of aryl methyl sites for hydroxylation is 1. The molecule has 6 nitrogen and oxygen atoms in total. The molecule has 0 saturated heterocycles. The van der Waals surface area contributed by atoms with Gasteiger partial charge in [-0.05, 0) is 53.9 Å². The van der Waals surface area contributed by atoms with Gasteiger partial charge in [-0.15, -0.1) is 11.3 Å². The predicted octanol–water partition coefficient (Wildman–Crippen LogP) is 4.87. The van der Waals surface area contributed by atoms with E-state index in [1.807, 2.05) is 6.92 Å². The average molecular weight is 522 g/mol. The summed E-state index contributed by atoms with van der Waals surface area (Å²) >= 11 is 13.1. The second kappa shape index (κ2) is 9.02. The summed E-state index contributed by atoms with van der Waals surface area (Å²) in [5, 5.41) is 2.90. The van der Waals surface area contributed by atoms with Gasteiger partial charge in [0.15, 0.2) is 21.4 Å². The summed E-state index contributed by atoms with van der Waals surface area (Å²) in [6.07, 6.45) is -0.161. The van der Waals surface area contributed by atoms with Gasteiger partial charge in [-0.3, -0.25) is 14.4 Å². The van der Waals surface area contributed by atoms with Gasteiger partial charge in [-0.25, -0.2) is 8.42 Å². The lowest BCUT2D eigenvalue weighted by Gasteiger charge is -2.25. The highest BCUT2D eigenvalue weighted by molar-refractivity contribution is 7.94. The van der Waals surface area contributed by atoms with Crippen LogP contribution in [0.2, 0.25) is 9.36 Å². The van der Waals surface area contributed by atoms with Crippen LogP contribution in [-0.2, 0) is 25.8 Å². The zero-order valence-electron chi connectivity index (χ0n) is 17.2. The summed E-state index contributed by atoms with van der Waals surface area (Å²) < 4.78 is 25.1. The predicted molar refractivity (Wildman–Crippen MR) is 128 cm³/mol. The number of hydrogen-bond acceptors (Lipinski definition) is 6. The number of carbonyl (C=O) groups excluding carboxylic acids is 3. The van der Waals surface area contributed by atoms with Crippen LogP contribution >= 0.6 is 34.5 Å². The van der Waals surface area contributed by atoms with E-state index >= 15 is 0 Å². The molecule has 1 N–H and O–H groups in total. The van der Waals surface area contributed by atoms with Crippen LogP contribution < -0.4 is 5.32 Å². The number of halogens is 2. The minimum Gasteiger partial charge on any atom is -0.324 e. The lowest BCUT2D eigenvalue weighted by molar-refractivity contribution is -0.117. The zero-order chi connectivity index (χ0) is 23.9. The molecule has 4 rings (SSSR count). The first-order valence-electron chi connectivity index (χ1n) is 9.79. The smallest absolute Gasteiger partial charge is 0.239 e. The highest BCUT2D eigenvalue weighted by atomic mass is 35.5. The summed E-state index contributed by atoms with van der Waals surface area (Å²) in [5.41, 5.74) is 2.58. The lowest BCUT2D eigenvalue weighted by Crippen LogP contribution is -2.33. The number of carbonyl (C=O) groups is 3. The minimum atomic E-state index is -3.79. The van der Waals surface area contributed by atoms with Crippen molar-refractivity contribution in [3.63, 3.8) is 0 Å². The third-order valence-corrected chi connectivity index (χ3v) is 9.02. The Labute approximate surface area is 204 Å². The Balaban J connectivity index is 1.52. The van der Waals surface area contributed by atoms with Crippen molar-refractivity contribution in [2.45, 2.75) is 23.5 Å². The summed E-state index contributed by atoms with van der Waals surface area (Å²) in [7, 11) is -3.79. The van der Waals surface area contributed by atoms with Gasteiger partial charge in [0.2, 0.25) is 5.91 Å². The van der Waals surface area contributed by atoms with E-state index in [9.17, 15) is 22.8 Å². The number of hydrogen-bond donors (Lipinski definition) is 1. The van der Waals surface area contributed by atoms with Crippen molar-refractivity contribution < 1.29 is 22.8 Å². The molecule has 0 saturated carbocycles.